The predicted octanol–water partition coefficient (Wildman–Crippen LogP) is -2.04. The monoisotopic (exact) mass is 454 g/mol. The van der Waals surface area contributed by atoms with E-state index in [0.29, 0.717) is 24.6 Å². The van der Waals surface area contributed by atoms with Crippen molar-refractivity contribution in [2.75, 3.05) is 37.1 Å². The van der Waals surface area contributed by atoms with Gasteiger partial charge in [-0.3, -0.25) is 0 Å². The zero-order valence-corrected chi connectivity index (χ0v) is 18.7. The van der Waals surface area contributed by atoms with Crippen molar-refractivity contribution >= 4 is 38.7 Å². The molecule has 0 saturated heterocycles. The Morgan fingerprint density at radius 3 is 2.26 bits per heavy atom. The summed E-state index contributed by atoms with van der Waals surface area (Å²) in [6.45, 7) is 5.17. The molecular formula is C16H27ClN4O3S3. The number of halogens is 1. The largest absolute Gasteiger partial charge is 1.00 e. The van der Waals surface area contributed by atoms with Crippen molar-refractivity contribution in [3.8, 4) is 0 Å². The van der Waals surface area contributed by atoms with Crippen molar-refractivity contribution in [2.45, 2.75) is 26.8 Å². The molecule has 2 rings (SSSR count). The van der Waals surface area contributed by atoms with Gasteiger partial charge in [-0.15, -0.1) is 0 Å². The highest BCUT2D eigenvalue weighted by molar-refractivity contribution is 8.76. The van der Waals surface area contributed by atoms with Crippen molar-refractivity contribution in [2.24, 2.45) is 0 Å². The van der Waals surface area contributed by atoms with Crippen LogP contribution in [-0.4, -0.2) is 56.6 Å². The maximum atomic E-state index is 8.98. The molecule has 27 heavy (non-hydrogen) atoms. The van der Waals surface area contributed by atoms with Crippen molar-refractivity contribution in [3.05, 3.63) is 33.7 Å². The SMILES string of the molecule is Cc1ncc(C[n+]2csc(CCO)c2C)c(N)n1.OCCSSCCO.[Cl-]. The molecule has 0 spiro atoms. The van der Waals surface area contributed by atoms with Crippen LogP contribution in [0.15, 0.2) is 11.7 Å². The average Bonchev–Trinajstić information content (AvgIpc) is 2.96. The topological polar surface area (TPSA) is 116 Å². The van der Waals surface area contributed by atoms with E-state index in [-0.39, 0.29) is 32.2 Å². The van der Waals surface area contributed by atoms with Gasteiger partial charge in [-0.1, -0.05) is 32.9 Å². The van der Waals surface area contributed by atoms with E-state index in [2.05, 4.69) is 14.5 Å². The van der Waals surface area contributed by atoms with E-state index in [1.807, 2.05) is 19.4 Å². The van der Waals surface area contributed by atoms with Crippen LogP contribution in [0.2, 0.25) is 0 Å². The van der Waals surface area contributed by atoms with E-state index < -0.39 is 0 Å². The second kappa shape index (κ2) is 15.3. The van der Waals surface area contributed by atoms with Crippen LogP contribution in [0.5, 0.6) is 0 Å². The Kier molecular flexibility index (Phi) is 15.0. The fourth-order valence-electron chi connectivity index (χ4n) is 1.96. The molecule has 0 aliphatic carbocycles. The summed E-state index contributed by atoms with van der Waals surface area (Å²) in [7, 11) is 3.17. The molecule has 0 bridgehead atoms. The number of aliphatic hydroxyl groups is 3. The summed E-state index contributed by atoms with van der Waals surface area (Å²) in [5.41, 5.74) is 10.0. The van der Waals surface area contributed by atoms with Crippen molar-refractivity contribution in [1.29, 1.82) is 0 Å². The Hall–Kier alpha value is -0.620. The maximum Gasteiger partial charge on any atom is 0.225 e. The molecule has 2 aromatic heterocycles. The first-order valence-corrected chi connectivity index (χ1v) is 11.5. The lowest BCUT2D eigenvalue weighted by Crippen LogP contribution is -3.00. The van der Waals surface area contributed by atoms with E-state index in [0.717, 1.165) is 22.8 Å². The number of hydrogen-bond acceptors (Lipinski definition) is 9. The van der Waals surface area contributed by atoms with Gasteiger partial charge in [-0.2, -0.15) is 4.57 Å². The van der Waals surface area contributed by atoms with E-state index in [1.54, 1.807) is 39.1 Å². The van der Waals surface area contributed by atoms with Gasteiger partial charge < -0.3 is 33.5 Å². The lowest BCUT2D eigenvalue weighted by molar-refractivity contribution is -0.689. The summed E-state index contributed by atoms with van der Waals surface area (Å²) in [4.78, 5) is 9.53. The van der Waals surface area contributed by atoms with Crippen LogP contribution in [0, 0.1) is 13.8 Å². The van der Waals surface area contributed by atoms with Gasteiger partial charge in [-0.25, -0.2) is 9.97 Å². The quantitative estimate of drug-likeness (QED) is 0.195. The molecule has 0 unspecified atom stereocenters. The normalized spacial score (nSPS) is 10.1. The first-order chi connectivity index (χ1) is 12.5. The molecule has 0 radical (unpaired) electrons. The van der Waals surface area contributed by atoms with Crippen LogP contribution in [0.1, 0.15) is 22.0 Å². The molecule has 0 aliphatic rings. The fraction of sp³-hybridized carbons (Fsp3) is 0.562. The molecule has 0 aliphatic heterocycles. The summed E-state index contributed by atoms with van der Waals surface area (Å²) >= 11 is 1.65. The first-order valence-electron chi connectivity index (χ1n) is 8.14. The molecule has 7 nitrogen and oxygen atoms in total. The van der Waals surface area contributed by atoms with Gasteiger partial charge in [0.05, 0.1) is 23.7 Å². The van der Waals surface area contributed by atoms with Gasteiger partial charge in [0.25, 0.3) is 0 Å². The lowest BCUT2D eigenvalue weighted by atomic mass is 10.2. The third kappa shape index (κ3) is 9.93. The zero-order valence-electron chi connectivity index (χ0n) is 15.5. The maximum absolute atomic E-state index is 8.98. The van der Waals surface area contributed by atoms with Crippen molar-refractivity contribution < 1.29 is 32.3 Å². The van der Waals surface area contributed by atoms with E-state index >= 15 is 0 Å². The van der Waals surface area contributed by atoms with Crippen molar-refractivity contribution in [3.63, 3.8) is 0 Å². The van der Waals surface area contributed by atoms with Crippen LogP contribution in [0.4, 0.5) is 5.82 Å². The molecule has 0 atom stereocenters. The van der Waals surface area contributed by atoms with Crippen molar-refractivity contribution in [1.82, 2.24) is 9.97 Å². The molecule has 5 N–H and O–H groups in total. The Morgan fingerprint density at radius 2 is 1.74 bits per heavy atom. The van der Waals surface area contributed by atoms with Gasteiger partial charge in [0.15, 0.2) is 12.2 Å². The number of thiazole rings is 1. The van der Waals surface area contributed by atoms with Crippen LogP contribution in [0.3, 0.4) is 0 Å². The van der Waals surface area contributed by atoms with Crippen LogP contribution in [0.25, 0.3) is 0 Å². The minimum absolute atomic E-state index is 0. The highest BCUT2D eigenvalue weighted by Gasteiger charge is 2.16. The Morgan fingerprint density at radius 1 is 1.11 bits per heavy atom. The fourth-order valence-corrected chi connectivity index (χ4v) is 4.48. The number of nitrogen functional groups attached to an aromatic ring is 1. The number of nitrogens with zero attached hydrogens (tertiary/aromatic N) is 3. The number of hydrogen-bond donors (Lipinski definition) is 4. The van der Waals surface area contributed by atoms with Gasteiger partial charge >= 0.3 is 0 Å². The highest BCUT2D eigenvalue weighted by Crippen LogP contribution is 2.18. The molecule has 0 saturated carbocycles. The zero-order chi connectivity index (χ0) is 19.4. The molecule has 2 aromatic rings. The van der Waals surface area contributed by atoms with E-state index in [4.69, 9.17) is 21.1 Å². The summed E-state index contributed by atoms with van der Waals surface area (Å²) in [5, 5.41) is 25.5. The van der Waals surface area contributed by atoms with Gasteiger partial charge in [0.1, 0.15) is 11.6 Å². The molecule has 2 heterocycles. The first kappa shape index (κ1) is 26.4. The summed E-state index contributed by atoms with van der Waals surface area (Å²) < 4.78 is 2.11. The summed E-state index contributed by atoms with van der Waals surface area (Å²) in [6, 6.07) is 0. The Balaban J connectivity index is 0.000000645. The molecule has 11 heteroatoms. The Labute approximate surface area is 178 Å². The molecule has 0 aromatic carbocycles. The van der Waals surface area contributed by atoms with Crippen LogP contribution >= 0.6 is 32.9 Å². The number of anilines is 1. The molecule has 0 amide bonds. The van der Waals surface area contributed by atoms with Gasteiger partial charge in [-0.05, 0) is 6.92 Å². The van der Waals surface area contributed by atoms with E-state index in [1.165, 1.54) is 4.88 Å². The number of aliphatic hydroxyl groups excluding tert-OH is 3. The molecular weight excluding hydrogens is 428 g/mol. The molecule has 0 fully saturated rings. The third-order valence-electron chi connectivity index (χ3n) is 3.29. The van der Waals surface area contributed by atoms with E-state index in [9.17, 15) is 0 Å². The standard InChI is InChI=1S/C12H17N4OS.C4H10O2S2.ClH/c1-8-11(3-4-17)18-7-16(8)6-10-5-14-9(2)15-12(10)13;5-1-3-7-8-4-2-6;/h5,7,17H,3-4,6H2,1-2H3,(H2,13,14,15);5-6H,1-4H2;1H/q+1;;/p-1. The summed E-state index contributed by atoms with van der Waals surface area (Å²) in [5.74, 6) is 2.73. The molecule has 154 valence electrons. The average molecular weight is 455 g/mol. The van der Waals surface area contributed by atoms with Gasteiger partial charge in [0.2, 0.25) is 5.51 Å². The number of rotatable bonds is 9. The number of aryl methyl sites for hydroxylation is 1. The van der Waals surface area contributed by atoms with Crippen LogP contribution < -0.4 is 22.7 Å². The Bertz CT molecular complexity index is 656. The number of nitrogens with two attached hydrogens (primary N) is 1. The second-order valence-electron chi connectivity index (χ2n) is 5.25. The third-order valence-corrected chi connectivity index (χ3v) is 6.80. The van der Waals surface area contributed by atoms with Crippen LogP contribution in [-0.2, 0) is 13.0 Å². The minimum Gasteiger partial charge on any atom is -1.00 e. The highest BCUT2D eigenvalue weighted by atomic mass is 35.5. The smallest absolute Gasteiger partial charge is 0.225 e. The minimum atomic E-state index is 0. The number of aromatic nitrogens is 3. The predicted molar refractivity (Wildman–Crippen MR) is 109 cm³/mol. The lowest BCUT2D eigenvalue weighted by Gasteiger charge is -2.01. The van der Waals surface area contributed by atoms with Gasteiger partial charge in [0, 0.05) is 37.7 Å². The summed E-state index contributed by atoms with van der Waals surface area (Å²) in [6.07, 6.45) is 2.47. The second-order valence-corrected chi connectivity index (χ2v) is 8.89.